The third-order valence-corrected chi connectivity index (χ3v) is 4.84. The summed E-state index contributed by atoms with van der Waals surface area (Å²) in [6.07, 6.45) is 4.86. The molecule has 0 saturated carbocycles. The predicted molar refractivity (Wildman–Crippen MR) is 80.4 cm³/mol. The second-order valence-electron chi connectivity index (χ2n) is 6.16. The fourth-order valence-corrected chi connectivity index (χ4v) is 3.63. The van der Waals surface area contributed by atoms with Crippen molar-refractivity contribution in [3.05, 3.63) is 29.8 Å². The fraction of sp³-hybridized carbons (Fsp3) is 0.588. The highest BCUT2D eigenvalue weighted by Crippen LogP contribution is 2.35. The average Bonchev–Trinajstić information content (AvgIpc) is 2.70. The van der Waals surface area contributed by atoms with Gasteiger partial charge in [-0.1, -0.05) is 12.1 Å². The van der Waals surface area contributed by atoms with Gasteiger partial charge in [-0.15, -0.1) is 0 Å². The highest BCUT2D eigenvalue weighted by Gasteiger charge is 2.39. The summed E-state index contributed by atoms with van der Waals surface area (Å²) in [6, 6.07) is 8.79. The van der Waals surface area contributed by atoms with Gasteiger partial charge >= 0.3 is 5.97 Å². The van der Waals surface area contributed by atoms with Crippen molar-refractivity contribution >= 4 is 5.97 Å². The average molecular weight is 289 g/mol. The van der Waals surface area contributed by atoms with E-state index in [4.69, 9.17) is 9.47 Å². The Balaban J connectivity index is 1.55. The molecule has 21 heavy (non-hydrogen) atoms. The molecule has 2 aliphatic heterocycles. The van der Waals surface area contributed by atoms with Crippen molar-refractivity contribution < 1.29 is 14.3 Å². The third kappa shape index (κ3) is 3.21. The molecule has 0 radical (unpaired) electrons. The van der Waals surface area contributed by atoms with Crippen LogP contribution in [0.4, 0.5) is 0 Å². The first-order chi connectivity index (χ1) is 10.2. The summed E-state index contributed by atoms with van der Waals surface area (Å²) in [5, 5.41) is 0. The Morgan fingerprint density at radius 1 is 1.29 bits per heavy atom. The molecule has 2 saturated heterocycles. The lowest BCUT2D eigenvalue weighted by Crippen LogP contribution is -2.43. The van der Waals surface area contributed by atoms with Crippen LogP contribution in [0, 0.1) is 0 Å². The lowest BCUT2D eigenvalue weighted by Gasteiger charge is -2.35. The lowest BCUT2D eigenvalue weighted by molar-refractivity contribution is -0.151. The summed E-state index contributed by atoms with van der Waals surface area (Å²) in [4.78, 5) is 14.6. The molecule has 2 aliphatic rings. The maximum Gasteiger partial charge on any atom is 0.310 e. The van der Waals surface area contributed by atoms with Crippen molar-refractivity contribution in [3.8, 4) is 5.75 Å². The Bertz CT molecular complexity index is 503. The molecule has 2 fully saturated rings. The number of rotatable bonds is 4. The number of hydrogen-bond acceptors (Lipinski definition) is 4. The topological polar surface area (TPSA) is 38.8 Å². The number of carbonyl (C=O) groups is 1. The molecule has 0 amide bonds. The van der Waals surface area contributed by atoms with Crippen LogP contribution in [0.5, 0.6) is 5.75 Å². The van der Waals surface area contributed by atoms with E-state index in [9.17, 15) is 4.79 Å². The fourth-order valence-electron chi connectivity index (χ4n) is 3.63. The molecule has 0 N–H and O–H groups in total. The van der Waals surface area contributed by atoms with Crippen LogP contribution in [0.3, 0.4) is 0 Å². The Kier molecular flexibility index (Phi) is 4.15. The van der Waals surface area contributed by atoms with E-state index < -0.39 is 0 Å². The highest BCUT2D eigenvalue weighted by atomic mass is 16.5. The Labute approximate surface area is 126 Å². The van der Waals surface area contributed by atoms with Crippen molar-refractivity contribution in [1.82, 2.24) is 4.90 Å². The molecule has 3 rings (SSSR count). The van der Waals surface area contributed by atoms with Crippen LogP contribution in [-0.2, 0) is 16.0 Å². The standard InChI is InChI=1S/C17H23NO3/c1-18-13-6-7-14(18)11-16(10-13)21-17(19)9-12-4-3-5-15(8-12)20-2/h3-5,8,13-14,16H,6-7,9-11H2,1-2H3/t13-,14+,16?. The molecule has 0 aliphatic carbocycles. The summed E-state index contributed by atoms with van der Waals surface area (Å²) in [7, 11) is 3.82. The maximum atomic E-state index is 12.1. The second-order valence-corrected chi connectivity index (χ2v) is 6.16. The van der Waals surface area contributed by atoms with Crippen LogP contribution in [-0.4, -0.2) is 43.2 Å². The number of ether oxygens (including phenoxy) is 2. The number of benzene rings is 1. The number of nitrogens with zero attached hydrogens (tertiary/aromatic N) is 1. The minimum atomic E-state index is -0.128. The van der Waals surface area contributed by atoms with E-state index in [1.807, 2.05) is 24.3 Å². The van der Waals surface area contributed by atoms with Gasteiger partial charge in [0.15, 0.2) is 0 Å². The molecule has 114 valence electrons. The molecule has 3 atom stereocenters. The summed E-state index contributed by atoms with van der Waals surface area (Å²) in [6.45, 7) is 0. The van der Waals surface area contributed by atoms with Crippen molar-refractivity contribution in [1.29, 1.82) is 0 Å². The third-order valence-electron chi connectivity index (χ3n) is 4.84. The molecule has 0 aromatic heterocycles. The normalized spacial score (nSPS) is 28.4. The maximum absolute atomic E-state index is 12.1. The van der Waals surface area contributed by atoms with Crippen LogP contribution >= 0.6 is 0 Å². The van der Waals surface area contributed by atoms with Crippen LogP contribution in [0.25, 0.3) is 0 Å². The van der Waals surface area contributed by atoms with Crippen LogP contribution in [0.2, 0.25) is 0 Å². The van der Waals surface area contributed by atoms with E-state index in [2.05, 4.69) is 11.9 Å². The summed E-state index contributed by atoms with van der Waals surface area (Å²) in [5.41, 5.74) is 0.940. The summed E-state index contributed by atoms with van der Waals surface area (Å²) < 4.78 is 10.9. The number of carbonyl (C=O) groups excluding carboxylic acids is 1. The van der Waals surface area contributed by atoms with Gasteiger partial charge in [0.2, 0.25) is 0 Å². The minimum Gasteiger partial charge on any atom is -0.497 e. The summed E-state index contributed by atoms with van der Waals surface area (Å²) >= 11 is 0. The molecule has 1 aromatic carbocycles. The zero-order valence-electron chi connectivity index (χ0n) is 12.7. The monoisotopic (exact) mass is 289 g/mol. The van der Waals surface area contributed by atoms with E-state index >= 15 is 0 Å². The zero-order valence-corrected chi connectivity index (χ0v) is 12.7. The van der Waals surface area contributed by atoms with Crippen LogP contribution < -0.4 is 4.74 Å². The van der Waals surface area contributed by atoms with E-state index in [-0.39, 0.29) is 12.1 Å². The van der Waals surface area contributed by atoms with Gasteiger partial charge in [-0.3, -0.25) is 4.79 Å². The molecule has 1 aromatic rings. The van der Waals surface area contributed by atoms with E-state index in [1.165, 1.54) is 12.8 Å². The molecule has 1 unspecified atom stereocenters. The molecule has 2 heterocycles. The van der Waals surface area contributed by atoms with Gasteiger partial charge in [0.25, 0.3) is 0 Å². The first kappa shape index (κ1) is 14.4. The van der Waals surface area contributed by atoms with Gasteiger partial charge in [-0.05, 0) is 50.4 Å². The van der Waals surface area contributed by atoms with Gasteiger partial charge in [0, 0.05) is 12.1 Å². The molecular formula is C17H23NO3. The number of piperidine rings is 1. The molecule has 4 nitrogen and oxygen atoms in total. The first-order valence-electron chi connectivity index (χ1n) is 7.70. The SMILES string of the molecule is COc1cccc(CC(=O)OC2C[C@H]3CC[C@@H](C2)N3C)c1. The Morgan fingerprint density at radius 3 is 2.67 bits per heavy atom. The number of esters is 1. The van der Waals surface area contributed by atoms with Gasteiger partial charge in [0.05, 0.1) is 13.5 Å². The van der Waals surface area contributed by atoms with Gasteiger partial charge in [-0.2, -0.15) is 0 Å². The molecule has 4 heteroatoms. The van der Waals surface area contributed by atoms with Crippen molar-refractivity contribution in [2.75, 3.05) is 14.2 Å². The summed E-state index contributed by atoms with van der Waals surface area (Å²) in [5.74, 6) is 0.648. The van der Waals surface area contributed by atoms with Crippen molar-refractivity contribution in [3.63, 3.8) is 0 Å². The smallest absolute Gasteiger partial charge is 0.310 e. The number of hydrogen-bond donors (Lipinski definition) is 0. The van der Waals surface area contributed by atoms with Gasteiger partial charge in [-0.25, -0.2) is 0 Å². The van der Waals surface area contributed by atoms with E-state index in [0.29, 0.717) is 18.5 Å². The minimum absolute atomic E-state index is 0.0943. The van der Waals surface area contributed by atoms with Crippen molar-refractivity contribution in [2.24, 2.45) is 0 Å². The largest absolute Gasteiger partial charge is 0.497 e. The number of methoxy groups -OCH3 is 1. The second kappa shape index (κ2) is 6.06. The Hall–Kier alpha value is -1.55. The van der Waals surface area contributed by atoms with Gasteiger partial charge < -0.3 is 14.4 Å². The van der Waals surface area contributed by atoms with Gasteiger partial charge in [0.1, 0.15) is 11.9 Å². The molecule has 0 spiro atoms. The van der Waals surface area contributed by atoms with E-state index in [0.717, 1.165) is 24.2 Å². The van der Waals surface area contributed by atoms with Crippen LogP contribution in [0.1, 0.15) is 31.2 Å². The lowest BCUT2D eigenvalue weighted by atomic mass is 10.0. The van der Waals surface area contributed by atoms with Crippen molar-refractivity contribution in [2.45, 2.75) is 50.3 Å². The first-order valence-corrected chi connectivity index (χ1v) is 7.70. The molecular weight excluding hydrogens is 266 g/mol. The zero-order chi connectivity index (χ0) is 14.8. The predicted octanol–water partition coefficient (Wildman–Crippen LogP) is 2.41. The van der Waals surface area contributed by atoms with Crippen LogP contribution in [0.15, 0.2) is 24.3 Å². The Morgan fingerprint density at radius 2 is 2.00 bits per heavy atom. The quantitative estimate of drug-likeness (QED) is 0.798. The van der Waals surface area contributed by atoms with E-state index in [1.54, 1.807) is 7.11 Å². The highest BCUT2D eigenvalue weighted by molar-refractivity contribution is 5.73. The molecule has 2 bridgehead atoms. The number of fused-ring (bicyclic) bond motifs is 2.